The second kappa shape index (κ2) is 5.94. The lowest BCUT2D eigenvalue weighted by atomic mass is 9.90. The third kappa shape index (κ3) is 3.06. The number of nitrogens with zero attached hydrogens (tertiary/aromatic N) is 1. The first-order valence-electron chi connectivity index (χ1n) is 6.83. The Labute approximate surface area is 108 Å². The fourth-order valence-corrected chi connectivity index (χ4v) is 2.59. The zero-order valence-electron chi connectivity index (χ0n) is 11.0. The van der Waals surface area contributed by atoms with Gasteiger partial charge in [-0.25, -0.2) is 4.79 Å². The highest BCUT2D eigenvalue weighted by molar-refractivity contribution is 5.89. The third-order valence-corrected chi connectivity index (χ3v) is 3.64. The quantitative estimate of drug-likeness (QED) is 0.836. The van der Waals surface area contributed by atoms with Gasteiger partial charge in [0.2, 0.25) is 0 Å². The van der Waals surface area contributed by atoms with Gasteiger partial charge < -0.3 is 15.0 Å². The predicted molar refractivity (Wildman–Crippen MR) is 71.4 cm³/mol. The molecule has 18 heavy (non-hydrogen) atoms. The van der Waals surface area contributed by atoms with Gasteiger partial charge in [-0.1, -0.05) is 19.3 Å². The average molecular weight is 250 g/mol. The summed E-state index contributed by atoms with van der Waals surface area (Å²) in [5.74, 6) is 0.296. The molecule has 4 nitrogen and oxygen atoms in total. The molecule has 1 aromatic heterocycles. The third-order valence-electron chi connectivity index (χ3n) is 3.64. The maximum atomic E-state index is 12.0. The highest BCUT2D eigenvalue weighted by Gasteiger charge is 2.18. The smallest absolute Gasteiger partial charge is 0.355 e. The first-order valence-corrected chi connectivity index (χ1v) is 6.83. The Kier molecular flexibility index (Phi) is 4.28. The van der Waals surface area contributed by atoms with Crippen molar-refractivity contribution in [3.05, 3.63) is 18.0 Å². The molecule has 1 heterocycles. The van der Waals surface area contributed by atoms with Crippen molar-refractivity contribution in [2.45, 2.75) is 45.6 Å². The van der Waals surface area contributed by atoms with Crippen molar-refractivity contribution >= 4 is 11.7 Å². The van der Waals surface area contributed by atoms with Crippen molar-refractivity contribution in [2.24, 2.45) is 5.92 Å². The minimum absolute atomic E-state index is 0.251. The van der Waals surface area contributed by atoms with Crippen LogP contribution >= 0.6 is 0 Å². The number of carbonyl (C=O) groups is 1. The summed E-state index contributed by atoms with van der Waals surface area (Å²) >= 11 is 0. The van der Waals surface area contributed by atoms with Crippen molar-refractivity contribution in [3.63, 3.8) is 0 Å². The van der Waals surface area contributed by atoms with Gasteiger partial charge in [-0.3, -0.25) is 0 Å². The standard InChI is InChI=1S/C14H22N2O2/c1-2-16-9-12(15)8-13(16)14(17)18-10-11-6-4-3-5-7-11/h8-9,11H,2-7,10,15H2,1H3. The molecule has 1 aromatic rings. The molecule has 1 saturated carbocycles. The number of hydrogen-bond acceptors (Lipinski definition) is 3. The molecule has 0 spiro atoms. The Morgan fingerprint density at radius 1 is 1.44 bits per heavy atom. The molecule has 0 amide bonds. The normalized spacial score (nSPS) is 16.7. The fourth-order valence-electron chi connectivity index (χ4n) is 2.59. The Hall–Kier alpha value is -1.45. The summed E-state index contributed by atoms with van der Waals surface area (Å²) in [5.41, 5.74) is 6.88. The Morgan fingerprint density at radius 3 is 2.83 bits per heavy atom. The molecular weight excluding hydrogens is 228 g/mol. The zero-order valence-corrected chi connectivity index (χ0v) is 11.0. The van der Waals surface area contributed by atoms with Crippen molar-refractivity contribution in [3.8, 4) is 0 Å². The van der Waals surface area contributed by atoms with E-state index in [9.17, 15) is 4.79 Å². The number of rotatable bonds is 4. The number of ether oxygens (including phenoxy) is 1. The molecule has 0 aliphatic heterocycles. The lowest BCUT2D eigenvalue weighted by molar-refractivity contribution is 0.0398. The van der Waals surface area contributed by atoms with Gasteiger partial charge in [-0.2, -0.15) is 0 Å². The monoisotopic (exact) mass is 250 g/mol. The van der Waals surface area contributed by atoms with Crippen LogP contribution in [0, 0.1) is 5.92 Å². The molecule has 2 rings (SSSR count). The molecule has 0 atom stereocenters. The maximum Gasteiger partial charge on any atom is 0.355 e. The van der Waals surface area contributed by atoms with Gasteiger partial charge in [0, 0.05) is 12.7 Å². The minimum Gasteiger partial charge on any atom is -0.461 e. The van der Waals surface area contributed by atoms with Crippen LogP contribution in [0.2, 0.25) is 0 Å². The maximum absolute atomic E-state index is 12.0. The highest BCUT2D eigenvalue weighted by atomic mass is 16.5. The van der Waals surface area contributed by atoms with E-state index in [0.717, 1.165) is 6.54 Å². The summed E-state index contributed by atoms with van der Waals surface area (Å²) in [6, 6.07) is 1.69. The second-order valence-corrected chi connectivity index (χ2v) is 5.05. The summed E-state index contributed by atoms with van der Waals surface area (Å²) in [7, 11) is 0. The van der Waals surface area contributed by atoms with Crippen LogP contribution in [0.1, 0.15) is 49.5 Å². The molecule has 2 N–H and O–H groups in total. The molecule has 1 aliphatic rings. The van der Waals surface area contributed by atoms with Gasteiger partial charge in [0.25, 0.3) is 0 Å². The van der Waals surface area contributed by atoms with Gasteiger partial charge in [-0.05, 0) is 31.7 Å². The Morgan fingerprint density at radius 2 is 2.17 bits per heavy atom. The van der Waals surface area contributed by atoms with Crippen LogP contribution in [-0.4, -0.2) is 17.1 Å². The highest BCUT2D eigenvalue weighted by Crippen LogP contribution is 2.24. The van der Waals surface area contributed by atoms with Crippen LogP contribution in [0.3, 0.4) is 0 Å². The van der Waals surface area contributed by atoms with Crippen LogP contribution in [0.5, 0.6) is 0 Å². The van der Waals surface area contributed by atoms with Crippen molar-refractivity contribution in [1.82, 2.24) is 4.57 Å². The summed E-state index contributed by atoms with van der Waals surface area (Å²) in [6.07, 6.45) is 7.99. The lowest BCUT2D eigenvalue weighted by Gasteiger charge is -2.21. The van der Waals surface area contributed by atoms with E-state index in [2.05, 4.69) is 0 Å². The van der Waals surface area contributed by atoms with Crippen LogP contribution < -0.4 is 5.73 Å². The zero-order chi connectivity index (χ0) is 13.0. The van der Waals surface area contributed by atoms with Crippen molar-refractivity contribution in [1.29, 1.82) is 0 Å². The summed E-state index contributed by atoms with van der Waals surface area (Å²) in [4.78, 5) is 12.0. The molecule has 0 saturated heterocycles. The van der Waals surface area contributed by atoms with Crippen molar-refractivity contribution < 1.29 is 9.53 Å². The average Bonchev–Trinajstić information content (AvgIpc) is 2.78. The van der Waals surface area contributed by atoms with E-state index in [0.29, 0.717) is 23.9 Å². The number of nitrogens with two attached hydrogens (primary N) is 1. The first kappa shape index (κ1) is 13.0. The first-order chi connectivity index (χ1) is 8.70. The van der Waals surface area contributed by atoms with Gasteiger partial charge in [-0.15, -0.1) is 0 Å². The Balaban J connectivity index is 1.90. The largest absolute Gasteiger partial charge is 0.461 e. The van der Waals surface area contributed by atoms with Crippen molar-refractivity contribution in [2.75, 3.05) is 12.3 Å². The van der Waals surface area contributed by atoms with Crippen LogP contribution in [-0.2, 0) is 11.3 Å². The molecule has 0 bridgehead atoms. The van der Waals surface area contributed by atoms with Crippen LogP contribution in [0.25, 0.3) is 0 Å². The number of carbonyl (C=O) groups excluding carboxylic acids is 1. The van der Waals surface area contributed by atoms with E-state index < -0.39 is 0 Å². The van der Waals surface area contributed by atoms with E-state index in [1.165, 1.54) is 32.1 Å². The molecule has 1 fully saturated rings. The molecular formula is C14H22N2O2. The van der Waals surface area contributed by atoms with E-state index >= 15 is 0 Å². The summed E-state index contributed by atoms with van der Waals surface area (Å²) in [5, 5.41) is 0. The van der Waals surface area contributed by atoms with Crippen LogP contribution in [0.15, 0.2) is 12.3 Å². The number of aromatic nitrogens is 1. The number of esters is 1. The lowest BCUT2D eigenvalue weighted by Crippen LogP contribution is -2.18. The topological polar surface area (TPSA) is 57.2 Å². The van der Waals surface area contributed by atoms with Gasteiger partial charge in [0.05, 0.1) is 12.3 Å². The SMILES string of the molecule is CCn1cc(N)cc1C(=O)OCC1CCCCC1. The number of hydrogen-bond donors (Lipinski definition) is 1. The van der Waals surface area contributed by atoms with Gasteiger partial charge in [0.15, 0.2) is 0 Å². The Bertz CT molecular complexity index is 406. The second-order valence-electron chi connectivity index (χ2n) is 5.05. The summed E-state index contributed by atoms with van der Waals surface area (Å²) < 4.78 is 7.24. The number of nitrogen functional groups attached to an aromatic ring is 1. The number of aryl methyl sites for hydroxylation is 1. The molecule has 1 aliphatic carbocycles. The van der Waals surface area contributed by atoms with Crippen LogP contribution in [0.4, 0.5) is 5.69 Å². The molecule has 0 unspecified atom stereocenters. The van der Waals surface area contributed by atoms with E-state index in [1.54, 1.807) is 12.3 Å². The predicted octanol–water partition coefficient (Wildman–Crippen LogP) is 2.83. The summed E-state index contributed by atoms with van der Waals surface area (Å²) in [6.45, 7) is 3.26. The van der Waals surface area contributed by atoms with E-state index in [1.807, 2.05) is 11.5 Å². The molecule has 4 heteroatoms. The van der Waals surface area contributed by atoms with Gasteiger partial charge >= 0.3 is 5.97 Å². The van der Waals surface area contributed by atoms with E-state index in [-0.39, 0.29) is 5.97 Å². The molecule has 0 radical (unpaired) electrons. The molecule has 100 valence electrons. The molecule has 0 aromatic carbocycles. The number of anilines is 1. The van der Waals surface area contributed by atoms with E-state index in [4.69, 9.17) is 10.5 Å². The van der Waals surface area contributed by atoms with Gasteiger partial charge in [0.1, 0.15) is 5.69 Å². The minimum atomic E-state index is -0.251. The fraction of sp³-hybridized carbons (Fsp3) is 0.643.